The number of benzene rings is 1. The number of carboxylic acids is 1. The molecule has 0 radical (unpaired) electrons. The van der Waals surface area contributed by atoms with Crippen LogP contribution in [-0.4, -0.2) is 47.4 Å². The lowest BCUT2D eigenvalue weighted by Crippen LogP contribution is -2.39. The summed E-state index contributed by atoms with van der Waals surface area (Å²) in [5.41, 5.74) is 0.931. The first kappa shape index (κ1) is 19.4. The number of carbonyl (C=O) groups is 3. The molecule has 2 N–H and O–H groups in total. The minimum absolute atomic E-state index is 0.0582. The molecule has 2 amide bonds. The summed E-state index contributed by atoms with van der Waals surface area (Å²) in [5.74, 6) is -1.38. The molecular weight excluding hydrogens is 344 g/mol. The Bertz CT molecular complexity index is 670. The number of hydrogen-bond donors (Lipinski definition) is 2. The molecule has 2 aliphatic rings. The molecule has 6 nitrogen and oxygen atoms in total. The summed E-state index contributed by atoms with van der Waals surface area (Å²) in [6.07, 6.45) is 6.28. The summed E-state index contributed by atoms with van der Waals surface area (Å²) >= 11 is 0. The maximum atomic E-state index is 12.5. The Morgan fingerprint density at radius 3 is 2.44 bits per heavy atom. The molecule has 1 aliphatic carbocycles. The van der Waals surface area contributed by atoms with Gasteiger partial charge in [-0.05, 0) is 17.9 Å². The Labute approximate surface area is 159 Å². The lowest BCUT2D eigenvalue weighted by atomic mass is 9.89. The Kier molecular flexibility index (Phi) is 6.48. The van der Waals surface area contributed by atoms with Crippen LogP contribution in [0, 0.1) is 11.8 Å². The monoisotopic (exact) mass is 372 g/mol. The molecule has 1 saturated heterocycles. The van der Waals surface area contributed by atoms with Crippen LogP contribution < -0.4 is 5.32 Å². The second-order valence-electron chi connectivity index (χ2n) is 7.73. The van der Waals surface area contributed by atoms with Crippen LogP contribution >= 0.6 is 0 Å². The van der Waals surface area contributed by atoms with Gasteiger partial charge < -0.3 is 15.3 Å². The molecule has 1 heterocycles. The van der Waals surface area contributed by atoms with Crippen molar-refractivity contribution in [2.75, 3.05) is 19.6 Å². The molecule has 27 heavy (non-hydrogen) atoms. The van der Waals surface area contributed by atoms with Crippen LogP contribution in [-0.2, 0) is 14.4 Å². The van der Waals surface area contributed by atoms with E-state index in [2.05, 4.69) is 5.32 Å². The van der Waals surface area contributed by atoms with Gasteiger partial charge in [-0.1, -0.05) is 56.0 Å². The highest BCUT2D eigenvalue weighted by atomic mass is 16.4. The molecule has 6 heteroatoms. The first-order valence-electron chi connectivity index (χ1n) is 9.87. The molecule has 0 aromatic heterocycles. The van der Waals surface area contributed by atoms with Gasteiger partial charge in [0.1, 0.15) is 0 Å². The number of amides is 2. The maximum Gasteiger partial charge on any atom is 0.308 e. The first-order valence-corrected chi connectivity index (χ1v) is 9.87. The quantitative estimate of drug-likeness (QED) is 0.769. The third-order valence-corrected chi connectivity index (χ3v) is 5.91. The van der Waals surface area contributed by atoms with Crippen LogP contribution in [0.15, 0.2) is 30.3 Å². The molecule has 1 saturated carbocycles. The van der Waals surface area contributed by atoms with Crippen molar-refractivity contribution >= 4 is 17.8 Å². The van der Waals surface area contributed by atoms with E-state index in [4.69, 9.17) is 0 Å². The summed E-state index contributed by atoms with van der Waals surface area (Å²) in [6, 6.07) is 9.45. The molecule has 1 aromatic rings. The number of likely N-dealkylation sites (tertiary alicyclic amines) is 1. The van der Waals surface area contributed by atoms with E-state index in [1.807, 2.05) is 30.3 Å². The lowest BCUT2D eigenvalue weighted by molar-refractivity contribution is -0.142. The van der Waals surface area contributed by atoms with Crippen LogP contribution in [0.5, 0.6) is 0 Å². The number of rotatable bonds is 7. The topological polar surface area (TPSA) is 86.7 Å². The largest absolute Gasteiger partial charge is 0.481 e. The normalized spacial score (nSPS) is 22.7. The number of nitrogens with one attached hydrogen (secondary N) is 1. The van der Waals surface area contributed by atoms with E-state index in [0.717, 1.165) is 12.0 Å². The van der Waals surface area contributed by atoms with Gasteiger partial charge >= 0.3 is 5.97 Å². The number of nitrogens with zero attached hydrogens (tertiary/aromatic N) is 1. The van der Waals surface area contributed by atoms with Crippen LogP contribution in [0.25, 0.3) is 0 Å². The van der Waals surface area contributed by atoms with Gasteiger partial charge in [-0.2, -0.15) is 0 Å². The zero-order chi connectivity index (χ0) is 19.2. The summed E-state index contributed by atoms with van der Waals surface area (Å²) in [7, 11) is 0. The number of aliphatic carboxylic acids is 1. The van der Waals surface area contributed by atoms with E-state index in [1.54, 1.807) is 4.90 Å². The van der Waals surface area contributed by atoms with Gasteiger partial charge in [0, 0.05) is 25.4 Å². The van der Waals surface area contributed by atoms with Gasteiger partial charge in [-0.25, -0.2) is 0 Å². The minimum atomic E-state index is -0.889. The average molecular weight is 372 g/mol. The minimum Gasteiger partial charge on any atom is -0.481 e. The lowest BCUT2D eigenvalue weighted by Gasteiger charge is -2.17. The molecule has 2 fully saturated rings. The van der Waals surface area contributed by atoms with Crippen molar-refractivity contribution in [3.05, 3.63) is 35.9 Å². The summed E-state index contributed by atoms with van der Waals surface area (Å²) in [4.78, 5) is 37.7. The van der Waals surface area contributed by atoms with Crippen molar-refractivity contribution in [3.8, 4) is 0 Å². The smallest absolute Gasteiger partial charge is 0.308 e. The fourth-order valence-corrected chi connectivity index (χ4v) is 4.30. The zero-order valence-electron chi connectivity index (χ0n) is 15.6. The van der Waals surface area contributed by atoms with E-state index in [-0.39, 0.29) is 30.8 Å². The molecule has 2 unspecified atom stereocenters. The zero-order valence-corrected chi connectivity index (χ0v) is 15.6. The fourth-order valence-electron chi connectivity index (χ4n) is 4.30. The number of carboxylic acid groups (broad SMARTS) is 1. The molecule has 2 atom stereocenters. The molecule has 0 spiro atoms. The Hall–Kier alpha value is -2.37. The second-order valence-corrected chi connectivity index (χ2v) is 7.73. The molecule has 146 valence electrons. The van der Waals surface area contributed by atoms with Crippen LogP contribution in [0.4, 0.5) is 0 Å². The van der Waals surface area contributed by atoms with Crippen molar-refractivity contribution in [2.45, 2.75) is 44.4 Å². The van der Waals surface area contributed by atoms with E-state index < -0.39 is 11.9 Å². The fraction of sp³-hybridized carbons (Fsp3) is 0.571. The predicted molar refractivity (Wildman–Crippen MR) is 101 cm³/mol. The van der Waals surface area contributed by atoms with Gasteiger partial charge in [0.2, 0.25) is 11.8 Å². The molecule has 0 bridgehead atoms. The molecule has 1 aromatic carbocycles. The van der Waals surface area contributed by atoms with Gasteiger partial charge in [-0.15, -0.1) is 0 Å². The van der Waals surface area contributed by atoms with Gasteiger partial charge in [0.15, 0.2) is 0 Å². The van der Waals surface area contributed by atoms with Crippen LogP contribution in [0.2, 0.25) is 0 Å². The van der Waals surface area contributed by atoms with E-state index in [9.17, 15) is 19.5 Å². The molecule has 1 aliphatic heterocycles. The van der Waals surface area contributed by atoms with Crippen molar-refractivity contribution in [2.24, 2.45) is 11.8 Å². The van der Waals surface area contributed by atoms with Crippen molar-refractivity contribution in [1.29, 1.82) is 0 Å². The van der Waals surface area contributed by atoms with Gasteiger partial charge in [-0.3, -0.25) is 14.4 Å². The third-order valence-electron chi connectivity index (χ3n) is 5.91. The van der Waals surface area contributed by atoms with Crippen LogP contribution in [0.3, 0.4) is 0 Å². The van der Waals surface area contributed by atoms with Gasteiger partial charge in [0.25, 0.3) is 0 Å². The van der Waals surface area contributed by atoms with E-state index in [1.165, 1.54) is 25.7 Å². The van der Waals surface area contributed by atoms with Crippen molar-refractivity contribution < 1.29 is 19.5 Å². The summed E-state index contributed by atoms with van der Waals surface area (Å²) in [5, 5.41) is 12.2. The maximum absolute atomic E-state index is 12.5. The highest BCUT2D eigenvalue weighted by molar-refractivity contribution is 5.85. The number of carbonyl (C=O) groups excluding carboxylic acids is 2. The highest BCUT2D eigenvalue weighted by Crippen LogP contribution is 2.33. The standard InChI is InChI=1S/C21H28N2O4/c24-19(11-10-15-6-4-5-7-15)22-12-20(25)23-13-17(18(14-23)21(26)27)16-8-2-1-3-9-16/h1-3,8-9,15,17-18H,4-7,10-14H2,(H,22,24)(H,26,27). The van der Waals surface area contributed by atoms with E-state index >= 15 is 0 Å². The molecule has 3 rings (SSSR count). The summed E-state index contributed by atoms with van der Waals surface area (Å²) < 4.78 is 0. The predicted octanol–water partition coefficient (Wildman–Crippen LogP) is 2.40. The average Bonchev–Trinajstić information content (AvgIpc) is 3.35. The van der Waals surface area contributed by atoms with E-state index in [0.29, 0.717) is 18.9 Å². The highest BCUT2D eigenvalue weighted by Gasteiger charge is 2.40. The number of hydrogen-bond acceptors (Lipinski definition) is 3. The Morgan fingerprint density at radius 1 is 1.07 bits per heavy atom. The first-order chi connectivity index (χ1) is 13.0. The second kappa shape index (κ2) is 9.02. The third kappa shape index (κ3) is 5.08. The Balaban J connectivity index is 1.49. The summed E-state index contributed by atoms with van der Waals surface area (Å²) in [6.45, 7) is 0.501. The van der Waals surface area contributed by atoms with Crippen LogP contribution in [0.1, 0.15) is 50.0 Å². The van der Waals surface area contributed by atoms with Crippen molar-refractivity contribution in [1.82, 2.24) is 10.2 Å². The van der Waals surface area contributed by atoms with Gasteiger partial charge in [0.05, 0.1) is 12.5 Å². The molecular formula is C21H28N2O4. The SMILES string of the molecule is O=C(CCC1CCCC1)NCC(=O)N1CC(C(=O)O)C(c2ccccc2)C1. The Morgan fingerprint density at radius 2 is 1.78 bits per heavy atom. The van der Waals surface area contributed by atoms with Crippen molar-refractivity contribution in [3.63, 3.8) is 0 Å².